The van der Waals surface area contributed by atoms with E-state index in [0.29, 0.717) is 5.89 Å². The molecule has 0 N–H and O–H groups in total. The molecule has 0 saturated heterocycles. The lowest BCUT2D eigenvalue weighted by Gasteiger charge is -2.24. The molecular weight excluding hydrogens is 306 g/mol. The summed E-state index contributed by atoms with van der Waals surface area (Å²) in [5.74, 6) is 1.51. The van der Waals surface area contributed by atoms with Crippen molar-refractivity contribution in [2.45, 2.75) is 44.4 Å². The molecular formula is C14H16BrN3O. The highest BCUT2D eigenvalue weighted by Crippen LogP contribution is 2.44. The van der Waals surface area contributed by atoms with Gasteiger partial charge in [-0.3, -0.25) is 4.98 Å². The number of hydrogen-bond donors (Lipinski definition) is 0. The predicted octanol–water partition coefficient (Wildman–Crippen LogP) is 3.65. The zero-order valence-corrected chi connectivity index (χ0v) is 12.5. The summed E-state index contributed by atoms with van der Waals surface area (Å²) < 4.78 is 6.29. The van der Waals surface area contributed by atoms with Gasteiger partial charge in [-0.25, -0.2) is 0 Å². The van der Waals surface area contributed by atoms with Crippen molar-refractivity contribution in [3.63, 3.8) is 0 Å². The minimum absolute atomic E-state index is 0.155. The summed E-state index contributed by atoms with van der Waals surface area (Å²) in [6, 6.07) is 4.10. The maximum absolute atomic E-state index is 5.30. The molecule has 1 aliphatic carbocycles. The van der Waals surface area contributed by atoms with Crippen LogP contribution in [0.25, 0.3) is 0 Å². The maximum Gasteiger partial charge on any atom is 0.226 e. The van der Waals surface area contributed by atoms with Gasteiger partial charge in [0.25, 0.3) is 0 Å². The molecule has 0 atom stereocenters. The van der Waals surface area contributed by atoms with Crippen molar-refractivity contribution in [2.24, 2.45) is 0 Å². The van der Waals surface area contributed by atoms with Gasteiger partial charge < -0.3 is 4.52 Å². The van der Waals surface area contributed by atoms with Gasteiger partial charge in [-0.2, -0.15) is 4.98 Å². The Kier molecular flexibility index (Phi) is 3.39. The summed E-state index contributed by atoms with van der Waals surface area (Å²) in [6.07, 6.45) is 7.09. The summed E-state index contributed by atoms with van der Waals surface area (Å²) in [6.45, 7) is 2.02. The largest absolute Gasteiger partial charge is 0.339 e. The molecule has 0 unspecified atom stereocenters. The van der Waals surface area contributed by atoms with Crippen LogP contribution in [0.3, 0.4) is 0 Å². The molecule has 1 saturated carbocycles. The van der Waals surface area contributed by atoms with Crippen molar-refractivity contribution in [2.75, 3.05) is 0 Å². The zero-order chi connectivity index (χ0) is 13.3. The molecule has 4 nitrogen and oxygen atoms in total. The third kappa shape index (κ3) is 2.20. The van der Waals surface area contributed by atoms with Crippen molar-refractivity contribution < 1.29 is 4.52 Å². The van der Waals surface area contributed by atoms with Gasteiger partial charge in [0.05, 0.1) is 11.1 Å². The van der Waals surface area contributed by atoms with Crippen molar-refractivity contribution in [3.8, 4) is 0 Å². The third-order valence-corrected chi connectivity index (χ3v) is 4.34. The quantitative estimate of drug-likeness (QED) is 0.865. The topological polar surface area (TPSA) is 51.8 Å². The molecule has 5 heteroatoms. The van der Waals surface area contributed by atoms with Crippen LogP contribution in [0.4, 0.5) is 0 Å². The second-order valence-electron chi connectivity index (χ2n) is 5.02. The smallest absolute Gasteiger partial charge is 0.226 e. The van der Waals surface area contributed by atoms with Crippen LogP contribution in [0.15, 0.2) is 27.3 Å². The molecule has 0 aromatic carbocycles. The van der Waals surface area contributed by atoms with Gasteiger partial charge in [0, 0.05) is 17.1 Å². The van der Waals surface area contributed by atoms with Gasteiger partial charge in [0.15, 0.2) is 5.82 Å². The Morgan fingerprint density at radius 3 is 2.68 bits per heavy atom. The number of rotatable bonds is 3. The number of aromatic nitrogens is 3. The first kappa shape index (κ1) is 12.8. The lowest BCUT2D eigenvalue weighted by Crippen LogP contribution is -2.26. The van der Waals surface area contributed by atoms with Crippen molar-refractivity contribution in [3.05, 3.63) is 40.2 Å². The first-order chi connectivity index (χ1) is 9.24. The minimum atomic E-state index is -0.155. The third-order valence-electron chi connectivity index (χ3n) is 3.87. The highest BCUT2D eigenvalue weighted by molar-refractivity contribution is 9.10. The summed E-state index contributed by atoms with van der Waals surface area (Å²) >= 11 is 3.43. The molecule has 0 aliphatic heterocycles. The van der Waals surface area contributed by atoms with E-state index in [-0.39, 0.29) is 5.41 Å². The Balaban J connectivity index is 2.05. The summed E-state index contributed by atoms with van der Waals surface area (Å²) in [5.41, 5.74) is 0.897. The molecule has 19 heavy (non-hydrogen) atoms. The fraction of sp³-hybridized carbons (Fsp3) is 0.500. The normalized spacial score (nSPS) is 17.8. The summed E-state index contributed by atoms with van der Waals surface area (Å²) in [5, 5.41) is 4.20. The molecule has 0 spiro atoms. The van der Waals surface area contributed by atoms with Crippen LogP contribution in [0.2, 0.25) is 0 Å². The first-order valence-corrected chi connectivity index (χ1v) is 7.49. The fourth-order valence-corrected chi connectivity index (χ4v) is 3.06. The molecule has 2 aromatic heterocycles. The number of halogens is 1. The lowest BCUT2D eigenvalue weighted by molar-refractivity contribution is 0.361. The van der Waals surface area contributed by atoms with Gasteiger partial charge >= 0.3 is 0 Å². The second-order valence-corrected chi connectivity index (χ2v) is 5.93. The van der Waals surface area contributed by atoms with Crippen LogP contribution in [0, 0.1) is 0 Å². The molecule has 1 fully saturated rings. The number of hydrogen-bond acceptors (Lipinski definition) is 4. The SMILES string of the molecule is CCc1nc(C2(c3ccc(Br)cn3)CCCC2)no1. The Morgan fingerprint density at radius 2 is 2.11 bits per heavy atom. The van der Waals surface area contributed by atoms with Crippen LogP contribution in [0.5, 0.6) is 0 Å². The molecule has 0 amide bonds. The Morgan fingerprint density at radius 1 is 1.32 bits per heavy atom. The number of nitrogens with zero attached hydrogens (tertiary/aromatic N) is 3. The molecule has 2 heterocycles. The van der Waals surface area contributed by atoms with Crippen LogP contribution in [-0.4, -0.2) is 15.1 Å². The first-order valence-electron chi connectivity index (χ1n) is 6.70. The number of aryl methyl sites for hydroxylation is 1. The van der Waals surface area contributed by atoms with Gasteiger partial charge in [0.1, 0.15) is 0 Å². The Bertz CT molecular complexity index is 558. The van der Waals surface area contributed by atoms with Gasteiger partial charge in [-0.05, 0) is 40.9 Å². The molecule has 2 aromatic rings. The summed E-state index contributed by atoms with van der Waals surface area (Å²) in [7, 11) is 0. The van der Waals surface area contributed by atoms with Crippen LogP contribution < -0.4 is 0 Å². The van der Waals surface area contributed by atoms with Gasteiger partial charge in [0.2, 0.25) is 5.89 Å². The monoisotopic (exact) mass is 321 g/mol. The van der Waals surface area contributed by atoms with E-state index < -0.39 is 0 Å². The van der Waals surface area contributed by atoms with E-state index >= 15 is 0 Å². The van der Waals surface area contributed by atoms with Gasteiger partial charge in [-0.15, -0.1) is 0 Å². The van der Waals surface area contributed by atoms with Crippen molar-refractivity contribution in [1.82, 2.24) is 15.1 Å². The molecule has 100 valence electrons. The average molecular weight is 322 g/mol. The van der Waals surface area contributed by atoms with E-state index in [0.717, 1.165) is 35.3 Å². The second kappa shape index (κ2) is 5.04. The number of pyridine rings is 1. The van der Waals surface area contributed by atoms with E-state index in [4.69, 9.17) is 4.52 Å². The zero-order valence-electron chi connectivity index (χ0n) is 10.9. The molecule has 0 bridgehead atoms. The molecule has 0 radical (unpaired) electrons. The van der Waals surface area contributed by atoms with E-state index in [1.54, 1.807) is 0 Å². The highest BCUT2D eigenvalue weighted by Gasteiger charge is 2.42. The van der Waals surface area contributed by atoms with Crippen molar-refractivity contribution in [1.29, 1.82) is 0 Å². The van der Waals surface area contributed by atoms with Crippen LogP contribution in [0.1, 0.15) is 50.0 Å². The molecule has 3 rings (SSSR count). The lowest BCUT2D eigenvalue weighted by atomic mass is 9.81. The maximum atomic E-state index is 5.30. The van der Waals surface area contributed by atoms with E-state index in [1.807, 2.05) is 19.2 Å². The van der Waals surface area contributed by atoms with E-state index in [1.165, 1.54) is 12.8 Å². The van der Waals surface area contributed by atoms with Crippen LogP contribution >= 0.6 is 15.9 Å². The van der Waals surface area contributed by atoms with Gasteiger partial charge in [-0.1, -0.05) is 24.9 Å². The van der Waals surface area contributed by atoms with Crippen LogP contribution in [-0.2, 0) is 11.8 Å². The van der Waals surface area contributed by atoms with E-state index in [2.05, 4.69) is 37.1 Å². The summed E-state index contributed by atoms with van der Waals surface area (Å²) in [4.78, 5) is 9.13. The van der Waals surface area contributed by atoms with Crippen molar-refractivity contribution >= 4 is 15.9 Å². The highest BCUT2D eigenvalue weighted by atomic mass is 79.9. The average Bonchev–Trinajstić information content (AvgIpc) is 3.09. The predicted molar refractivity (Wildman–Crippen MR) is 74.9 cm³/mol. The Labute approximate surface area is 120 Å². The fourth-order valence-electron chi connectivity index (χ4n) is 2.82. The molecule has 1 aliphatic rings. The van der Waals surface area contributed by atoms with E-state index in [9.17, 15) is 0 Å². The minimum Gasteiger partial charge on any atom is -0.339 e. The standard InChI is InChI=1S/C14H16BrN3O/c1-2-12-17-13(18-19-12)14(7-3-4-8-14)11-6-5-10(15)9-16-11/h5-6,9H,2-4,7-8H2,1H3. The Hall–Kier alpha value is -1.23.